The van der Waals surface area contributed by atoms with E-state index in [2.05, 4.69) is 15.5 Å². The Bertz CT molecular complexity index is 1210. The fourth-order valence-electron chi connectivity index (χ4n) is 3.65. The molecule has 1 aliphatic rings. The molecule has 0 spiro atoms. The number of rotatable bonds is 7. The molecular formula is C23H26N4O4S. The van der Waals surface area contributed by atoms with Gasteiger partial charge in [0.1, 0.15) is 0 Å². The van der Waals surface area contributed by atoms with Crippen LogP contribution in [0, 0.1) is 13.8 Å². The van der Waals surface area contributed by atoms with E-state index in [9.17, 15) is 13.2 Å². The lowest BCUT2D eigenvalue weighted by Gasteiger charge is -2.15. The van der Waals surface area contributed by atoms with E-state index >= 15 is 0 Å². The molecule has 0 bridgehead atoms. The molecule has 1 aliphatic heterocycles. The maximum Gasteiger partial charge on any atom is 0.243 e. The van der Waals surface area contributed by atoms with Gasteiger partial charge >= 0.3 is 0 Å². The second-order valence-corrected chi connectivity index (χ2v) is 9.88. The molecule has 2 aromatic carbocycles. The van der Waals surface area contributed by atoms with Gasteiger partial charge in [-0.25, -0.2) is 8.42 Å². The van der Waals surface area contributed by atoms with Crippen LogP contribution in [0.2, 0.25) is 0 Å². The number of carbonyl (C=O) groups is 1. The van der Waals surface area contributed by atoms with E-state index in [1.807, 2.05) is 32.0 Å². The van der Waals surface area contributed by atoms with Gasteiger partial charge in [-0.05, 0) is 68.1 Å². The minimum atomic E-state index is -3.46. The van der Waals surface area contributed by atoms with Gasteiger partial charge in [-0.3, -0.25) is 4.79 Å². The van der Waals surface area contributed by atoms with E-state index in [1.54, 1.807) is 24.3 Å². The van der Waals surface area contributed by atoms with Crippen LogP contribution in [-0.2, 0) is 21.2 Å². The highest BCUT2D eigenvalue weighted by Gasteiger charge is 2.27. The van der Waals surface area contributed by atoms with Gasteiger partial charge in [-0.15, -0.1) is 0 Å². The Morgan fingerprint density at radius 1 is 1.09 bits per heavy atom. The molecular weight excluding hydrogens is 428 g/mol. The zero-order chi connectivity index (χ0) is 22.7. The van der Waals surface area contributed by atoms with Gasteiger partial charge in [0.25, 0.3) is 0 Å². The largest absolute Gasteiger partial charge is 0.339 e. The normalized spacial score (nSPS) is 14.6. The molecule has 0 atom stereocenters. The van der Waals surface area contributed by atoms with Crippen LogP contribution in [0.5, 0.6) is 0 Å². The summed E-state index contributed by atoms with van der Waals surface area (Å²) in [5.41, 5.74) is 3.60. The number of anilines is 1. The molecule has 1 amide bonds. The van der Waals surface area contributed by atoms with Gasteiger partial charge in [0.15, 0.2) is 0 Å². The third kappa shape index (κ3) is 4.73. The van der Waals surface area contributed by atoms with Crippen LogP contribution in [0.15, 0.2) is 51.9 Å². The maximum atomic E-state index is 12.6. The number of benzene rings is 2. The fraction of sp³-hybridized carbons (Fsp3) is 0.348. The molecule has 168 valence electrons. The highest BCUT2D eigenvalue weighted by molar-refractivity contribution is 7.89. The summed E-state index contributed by atoms with van der Waals surface area (Å²) >= 11 is 0. The van der Waals surface area contributed by atoms with E-state index in [0.717, 1.165) is 29.7 Å². The van der Waals surface area contributed by atoms with Gasteiger partial charge in [-0.2, -0.15) is 9.29 Å². The number of aryl methyl sites for hydroxylation is 2. The molecule has 1 saturated heterocycles. The van der Waals surface area contributed by atoms with Crippen molar-refractivity contribution in [1.82, 2.24) is 14.4 Å². The summed E-state index contributed by atoms with van der Waals surface area (Å²) in [6.07, 6.45) is 2.31. The average Bonchev–Trinajstić information content (AvgIpc) is 3.48. The Kier molecular flexibility index (Phi) is 6.38. The summed E-state index contributed by atoms with van der Waals surface area (Å²) in [4.78, 5) is 16.9. The number of nitrogens with one attached hydrogen (secondary N) is 1. The SMILES string of the molecule is Cc1cccc(NC(=O)CCc2nc(-c3ccc(S(=O)(=O)N4CCCC4)cc3)no2)c1C. The number of hydrogen-bond donors (Lipinski definition) is 1. The van der Waals surface area contributed by atoms with Crippen LogP contribution in [0.25, 0.3) is 11.4 Å². The highest BCUT2D eigenvalue weighted by atomic mass is 32.2. The first-order valence-corrected chi connectivity index (χ1v) is 12.1. The summed E-state index contributed by atoms with van der Waals surface area (Å²) in [7, 11) is -3.46. The van der Waals surface area contributed by atoms with Crippen LogP contribution in [0.1, 0.15) is 36.3 Å². The smallest absolute Gasteiger partial charge is 0.243 e. The Hall–Kier alpha value is -3.04. The van der Waals surface area contributed by atoms with E-state index in [-0.39, 0.29) is 17.2 Å². The van der Waals surface area contributed by atoms with Crippen molar-refractivity contribution in [2.45, 2.75) is 44.4 Å². The molecule has 2 heterocycles. The molecule has 1 aromatic heterocycles. The van der Waals surface area contributed by atoms with Crippen molar-refractivity contribution in [2.75, 3.05) is 18.4 Å². The monoisotopic (exact) mass is 454 g/mol. The zero-order valence-electron chi connectivity index (χ0n) is 18.2. The minimum absolute atomic E-state index is 0.130. The Morgan fingerprint density at radius 3 is 2.53 bits per heavy atom. The highest BCUT2D eigenvalue weighted by Crippen LogP contribution is 2.24. The van der Waals surface area contributed by atoms with Gasteiger partial charge in [-0.1, -0.05) is 17.3 Å². The summed E-state index contributed by atoms with van der Waals surface area (Å²) < 4.78 is 32.1. The van der Waals surface area contributed by atoms with Crippen molar-refractivity contribution < 1.29 is 17.7 Å². The molecule has 4 rings (SSSR count). The van der Waals surface area contributed by atoms with Gasteiger partial charge in [0.2, 0.25) is 27.6 Å². The molecule has 32 heavy (non-hydrogen) atoms. The second kappa shape index (κ2) is 9.22. The van der Waals surface area contributed by atoms with Crippen molar-refractivity contribution in [3.8, 4) is 11.4 Å². The standard InChI is InChI=1S/C23H26N4O4S/c1-16-6-5-7-20(17(16)2)24-21(28)12-13-22-25-23(26-31-22)18-8-10-19(11-9-18)32(29,30)27-14-3-4-15-27/h5-11H,3-4,12-15H2,1-2H3,(H,24,28). The molecule has 9 heteroatoms. The Morgan fingerprint density at radius 2 is 1.81 bits per heavy atom. The summed E-state index contributed by atoms with van der Waals surface area (Å²) in [5.74, 6) is 0.583. The third-order valence-corrected chi connectivity index (χ3v) is 7.64. The van der Waals surface area contributed by atoms with Crippen LogP contribution in [-0.4, -0.2) is 41.9 Å². The predicted octanol–water partition coefficient (Wildman–Crippen LogP) is 3.71. The lowest BCUT2D eigenvalue weighted by atomic mass is 10.1. The quantitative estimate of drug-likeness (QED) is 0.583. The van der Waals surface area contributed by atoms with Crippen molar-refractivity contribution >= 4 is 21.6 Å². The van der Waals surface area contributed by atoms with Crippen molar-refractivity contribution in [3.05, 3.63) is 59.5 Å². The second-order valence-electron chi connectivity index (χ2n) is 7.94. The molecule has 0 unspecified atom stereocenters. The molecule has 0 aliphatic carbocycles. The molecule has 8 nitrogen and oxygen atoms in total. The topological polar surface area (TPSA) is 105 Å². The number of hydrogen-bond acceptors (Lipinski definition) is 6. The lowest BCUT2D eigenvalue weighted by Crippen LogP contribution is -2.27. The van der Waals surface area contributed by atoms with E-state index in [4.69, 9.17) is 4.52 Å². The van der Waals surface area contributed by atoms with Crippen LogP contribution >= 0.6 is 0 Å². The summed E-state index contributed by atoms with van der Waals surface area (Å²) in [6.45, 7) is 5.10. The number of nitrogens with zero attached hydrogens (tertiary/aromatic N) is 3. The molecule has 1 N–H and O–H groups in total. The van der Waals surface area contributed by atoms with E-state index in [1.165, 1.54) is 4.31 Å². The van der Waals surface area contributed by atoms with Crippen LogP contribution in [0.3, 0.4) is 0 Å². The van der Waals surface area contributed by atoms with E-state index in [0.29, 0.717) is 36.8 Å². The predicted molar refractivity (Wildman–Crippen MR) is 121 cm³/mol. The average molecular weight is 455 g/mol. The number of aromatic nitrogens is 2. The van der Waals surface area contributed by atoms with Crippen LogP contribution < -0.4 is 5.32 Å². The number of sulfonamides is 1. The van der Waals surface area contributed by atoms with Gasteiger partial charge < -0.3 is 9.84 Å². The number of carbonyl (C=O) groups excluding carboxylic acids is 1. The van der Waals surface area contributed by atoms with E-state index < -0.39 is 10.0 Å². The number of amides is 1. The molecule has 0 radical (unpaired) electrons. The first-order valence-electron chi connectivity index (χ1n) is 10.6. The zero-order valence-corrected chi connectivity index (χ0v) is 19.0. The maximum absolute atomic E-state index is 12.6. The Labute approximate surface area is 187 Å². The molecule has 0 saturated carbocycles. The molecule has 1 fully saturated rings. The fourth-order valence-corrected chi connectivity index (χ4v) is 5.16. The van der Waals surface area contributed by atoms with Crippen molar-refractivity contribution in [3.63, 3.8) is 0 Å². The first-order chi connectivity index (χ1) is 15.3. The summed E-state index contributed by atoms with van der Waals surface area (Å²) in [5, 5.41) is 6.88. The molecule has 3 aromatic rings. The first kappa shape index (κ1) is 22.2. The third-order valence-electron chi connectivity index (χ3n) is 5.73. The summed E-state index contributed by atoms with van der Waals surface area (Å²) in [6, 6.07) is 12.3. The van der Waals surface area contributed by atoms with Crippen molar-refractivity contribution in [2.24, 2.45) is 0 Å². The van der Waals surface area contributed by atoms with Crippen LogP contribution in [0.4, 0.5) is 5.69 Å². The Balaban J connectivity index is 1.37. The van der Waals surface area contributed by atoms with Crippen molar-refractivity contribution in [1.29, 1.82) is 0 Å². The lowest BCUT2D eigenvalue weighted by molar-refractivity contribution is -0.116. The minimum Gasteiger partial charge on any atom is -0.339 e. The van der Waals surface area contributed by atoms with Gasteiger partial charge in [0.05, 0.1) is 4.90 Å². The van der Waals surface area contributed by atoms with Gasteiger partial charge in [0, 0.05) is 37.2 Å².